The largest absolute Gasteiger partial charge is 0.361 e. The number of H-pyrrole nitrogens is 1. The van der Waals surface area contributed by atoms with Crippen molar-refractivity contribution in [3.05, 3.63) is 78.0 Å². The molecule has 5 nitrogen and oxygen atoms in total. The summed E-state index contributed by atoms with van der Waals surface area (Å²) in [6.07, 6.45) is 7.71. The van der Waals surface area contributed by atoms with E-state index < -0.39 is 0 Å². The summed E-state index contributed by atoms with van der Waals surface area (Å²) in [4.78, 5) is 30.0. The molecule has 1 aliphatic rings. The molecule has 0 atom stereocenters. The van der Waals surface area contributed by atoms with Crippen LogP contribution in [-0.4, -0.2) is 41.3 Å². The van der Waals surface area contributed by atoms with Crippen molar-refractivity contribution >= 4 is 28.8 Å². The number of nitrogens with one attached hydrogen (secondary N) is 2. The van der Waals surface area contributed by atoms with Gasteiger partial charge in [0.15, 0.2) is 0 Å². The number of aromatic nitrogens is 1. The van der Waals surface area contributed by atoms with Crippen LogP contribution in [0.3, 0.4) is 0 Å². The fourth-order valence-electron chi connectivity index (χ4n) is 4.00. The Morgan fingerprint density at radius 2 is 1.77 bits per heavy atom. The van der Waals surface area contributed by atoms with Crippen LogP contribution >= 0.6 is 0 Å². The van der Waals surface area contributed by atoms with Gasteiger partial charge in [0.1, 0.15) is 0 Å². The van der Waals surface area contributed by atoms with Crippen LogP contribution < -0.4 is 5.32 Å². The molecule has 0 radical (unpaired) electrons. The van der Waals surface area contributed by atoms with E-state index in [0.29, 0.717) is 32.5 Å². The van der Waals surface area contributed by atoms with E-state index in [-0.39, 0.29) is 17.7 Å². The van der Waals surface area contributed by atoms with Crippen molar-refractivity contribution in [2.75, 3.05) is 19.6 Å². The third-order valence-corrected chi connectivity index (χ3v) is 5.76. The summed E-state index contributed by atoms with van der Waals surface area (Å²) in [7, 11) is 0. The molecule has 5 heteroatoms. The summed E-state index contributed by atoms with van der Waals surface area (Å²) >= 11 is 0. The van der Waals surface area contributed by atoms with E-state index in [1.807, 2.05) is 59.6 Å². The number of piperidine rings is 1. The first-order valence-electron chi connectivity index (χ1n) is 10.6. The summed E-state index contributed by atoms with van der Waals surface area (Å²) in [5.41, 5.74) is 3.35. The second kappa shape index (κ2) is 9.44. The van der Waals surface area contributed by atoms with Crippen molar-refractivity contribution in [1.82, 2.24) is 15.2 Å². The Labute approximate surface area is 176 Å². The molecule has 30 heavy (non-hydrogen) atoms. The first-order valence-corrected chi connectivity index (χ1v) is 10.6. The van der Waals surface area contributed by atoms with Gasteiger partial charge in [0.05, 0.1) is 0 Å². The van der Waals surface area contributed by atoms with Crippen LogP contribution in [0.1, 0.15) is 24.0 Å². The quantitative estimate of drug-likeness (QED) is 0.618. The Morgan fingerprint density at radius 1 is 1.03 bits per heavy atom. The molecule has 1 aliphatic heterocycles. The molecule has 2 amide bonds. The topological polar surface area (TPSA) is 65.2 Å². The molecule has 0 aliphatic carbocycles. The highest BCUT2D eigenvalue weighted by Gasteiger charge is 2.26. The molecule has 0 saturated carbocycles. The van der Waals surface area contributed by atoms with E-state index in [1.165, 1.54) is 10.9 Å². The number of nitrogens with zero attached hydrogens (tertiary/aromatic N) is 1. The Balaban J connectivity index is 1.21. The molecule has 2 N–H and O–H groups in total. The van der Waals surface area contributed by atoms with Crippen LogP contribution in [0.5, 0.6) is 0 Å². The first-order chi connectivity index (χ1) is 14.7. The van der Waals surface area contributed by atoms with E-state index >= 15 is 0 Å². The van der Waals surface area contributed by atoms with Gasteiger partial charge in [-0.1, -0.05) is 48.5 Å². The molecule has 0 bridgehead atoms. The van der Waals surface area contributed by atoms with Gasteiger partial charge >= 0.3 is 0 Å². The zero-order chi connectivity index (χ0) is 20.8. The number of amides is 2. The zero-order valence-corrected chi connectivity index (χ0v) is 17.0. The molecule has 3 aromatic rings. The minimum atomic E-state index is -0.0184. The molecule has 154 valence electrons. The lowest BCUT2D eigenvalue weighted by atomic mass is 9.95. The smallest absolute Gasteiger partial charge is 0.246 e. The van der Waals surface area contributed by atoms with E-state index in [2.05, 4.69) is 22.4 Å². The fourth-order valence-corrected chi connectivity index (χ4v) is 4.00. The summed E-state index contributed by atoms with van der Waals surface area (Å²) in [5.74, 6) is 0.0916. The Kier molecular flexibility index (Phi) is 6.28. The first kappa shape index (κ1) is 20.0. The molecule has 2 heterocycles. The average Bonchev–Trinajstić information content (AvgIpc) is 3.21. The maximum absolute atomic E-state index is 12.5. The number of carbonyl (C=O) groups excluding carboxylic acids is 2. The highest BCUT2D eigenvalue weighted by molar-refractivity contribution is 5.92. The van der Waals surface area contributed by atoms with Gasteiger partial charge < -0.3 is 15.2 Å². The zero-order valence-electron chi connectivity index (χ0n) is 17.0. The van der Waals surface area contributed by atoms with Gasteiger partial charge in [-0.15, -0.1) is 0 Å². The normalized spacial score (nSPS) is 15.0. The molecule has 2 aromatic carbocycles. The number of aromatic amines is 1. The molecular weight excluding hydrogens is 374 g/mol. The summed E-state index contributed by atoms with van der Waals surface area (Å²) in [6.45, 7) is 1.87. The third-order valence-electron chi connectivity index (χ3n) is 5.76. The van der Waals surface area contributed by atoms with Crippen molar-refractivity contribution in [2.24, 2.45) is 5.92 Å². The summed E-state index contributed by atoms with van der Waals surface area (Å²) in [5, 5.41) is 4.29. The number of hydrogen-bond donors (Lipinski definition) is 2. The minimum Gasteiger partial charge on any atom is -0.361 e. The molecule has 4 rings (SSSR count). The van der Waals surface area contributed by atoms with Crippen molar-refractivity contribution in [3.8, 4) is 0 Å². The van der Waals surface area contributed by atoms with E-state index in [4.69, 9.17) is 0 Å². The van der Waals surface area contributed by atoms with Gasteiger partial charge in [0, 0.05) is 48.7 Å². The van der Waals surface area contributed by atoms with Gasteiger partial charge in [-0.2, -0.15) is 0 Å². The van der Waals surface area contributed by atoms with Gasteiger partial charge in [0.25, 0.3) is 0 Å². The number of hydrogen-bond acceptors (Lipinski definition) is 2. The van der Waals surface area contributed by atoms with Crippen molar-refractivity contribution < 1.29 is 9.59 Å². The Hall–Kier alpha value is -3.34. The molecule has 0 unspecified atom stereocenters. The van der Waals surface area contributed by atoms with Crippen molar-refractivity contribution in [3.63, 3.8) is 0 Å². The van der Waals surface area contributed by atoms with E-state index in [9.17, 15) is 9.59 Å². The van der Waals surface area contributed by atoms with Crippen LogP contribution in [0.15, 0.2) is 66.9 Å². The number of para-hydroxylation sites is 1. The summed E-state index contributed by atoms with van der Waals surface area (Å²) < 4.78 is 0. The highest BCUT2D eigenvalue weighted by atomic mass is 16.2. The summed E-state index contributed by atoms with van der Waals surface area (Å²) in [6, 6.07) is 18.0. The average molecular weight is 402 g/mol. The van der Waals surface area contributed by atoms with Crippen LogP contribution in [-0.2, 0) is 16.0 Å². The van der Waals surface area contributed by atoms with Crippen molar-refractivity contribution in [2.45, 2.75) is 19.3 Å². The number of carbonyl (C=O) groups is 2. The lowest BCUT2D eigenvalue weighted by Crippen LogP contribution is -2.42. The predicted molar refractivity (Wildman–Crippen MR) is 120 cm³/mol. The lowest BCUT2D eigenvalue weighted by molar-refractivity contribution is -0.132. The number of benzene rings is 2. The predicted octanol–water partition coefficient (Wildman–Crippen LogP) is 3.78. The number of rotatable bonds is 6. The maximum Gasteiger partial charge on any atom is 0.246 e. The van der Waals surface area contributed by atoms with E-state index in [0.717, 1.165) is 17.5 Å². The van der Waals surface area contributed by atoms with Gasteiger partial charge in [-0.3, -0.25) is 9.59 Å². The highest BCUT2D eigenvalue weighted by Crippen LogP contribution is 2.19. The van der Waals surface area contributed by atoms with Crippen LogP contribution in [0, 0.1) is 5.92 Å². The molecule has 1 fully saturated rings. The van der Waals surface area contributed by atoms with E-state index in [1.54, 1.807) is 6.08 Å². The second-order valence-electron chi connectivity index (χ2n) is 7.74. The van der Waals surface area contributed by atoms with Crippen LogP contribution in [0.25, 0.3) is 17.0 Å². The molecule has 1 aromatic heterocycles. The van der Waals surface area contributed by atoms with Crippen LogP contribution in [0.4, 0.5) is 0 Å². The second-order valence-corrected chi connectivity index (χ2v) is 7.74. The minimum absolute atomic E-state index is 0.0112. The van der Waals surface area contributed by atoms with Gasteiger partial charge in [-0.05, 0) is 42.5 Å². The molecular formula is C25H27N3O2. The fraction of sp³-hybridized carbons (Fsp3) is 0.280. The standard InChI is InChI=1S/C25H27N3O2/c29-24(11-10-19-6-2-1-3-7-19)28-16-13-20(14-17-28)25(30)26-15-12-21-18-27-23-9-5-4-8-22(21)23/h1-11,18,20,27H,12-17H2,(H,26,30). The number of likely N-dealkylation sites (tertiary alicyclic amines) is 1. The van der Waals surface area contributed by atoms with Crippen molar-refractivity contribution in [1.29, 1.82) is 0 Å². The molecule has 1 saturated heterocycles. The maximum atomic E-state index is 12.5. The van der Waals surface area contributed by atoms with Gasteiger partial charge in [-0.25, -0.2) is 0 Å². The SMILES string of the molecule is O=C(NCCc1c[nH]c2ccccc12)C1CCN(C(=O)C=Cc2ccccc2)CC1. The number of fused-ring (bicyclic) bond motifs is 1. The van der Waals surface area contributed by atoms with Gasteiger partial charge in [0.2, 0.25) is 11.8 Å². The third kappa shape index (κ3) is 4.79. The Morgan fingerprint density at radius 3 is 2.57 bits per heavy atom. The lowest BCUT2D eigenvalue weighted by Gasteiger charge is -2.30. The van der Waals surface area contributed by atoms with Crippen LogP contribution in [0.2, 0.25) is 0 Å². The molecule has 0 spiro atoms. The Bertz CT molecular complexity index is 1030. The monoisotopic (exact) mass is 401 g/mol.